The predicted octanol–water partition coefficient (Wildman–Crippen LogP) is 2.14. The van der Waals surface area contributed by atoms with Gasteiger partial charge in [-0.25, -0.2) is 8.42 Å². The van der Waals surface area contributed by atoms with E-state index in [-0.39, 0.29) is 17.7 Å². The van der Waals surface area contributed by atoms with Gasteiger partial charge in [0.15, 0.2) is 0 Å². The third-order valence-corrected chi connectivity index (χ3v) is 4.71. The molecule has 0 saturated heterocycles. The summed E-state index contributed by atoms with van der Waals surface area (Å²) < 4.78 is 22.7. The third kappa shape index (κ3) is 4.63. The van der Waals surface area contributed by atoms with Gasteiger partial charge in [-0.15, -0.1) is 0 Å². The number of carbonyl (C=O) groups excluding carboxylic acids is 1. The first-order chi connectivity index (χ1) is 10.8. The Morgan fingerprint density at radius 1 is 1.30 bits per heavy atom. The van der Waals surface area contributed by atoms with Crippen molar-refractivity contribution < 1.29 is 13.2 Å². The van der Waals surface area contributed by atoms with E-state index in [1.807, 2.05) is 30.3 Å². The van der Waals surface area contributed by atoms with Crippen molar-refractivity contribution >= 4 is 32.7 Å². The summed E-state index contributed by atoms with van der Waals surface area (Å²) in [6.45, 7) is 1.71. The summed E-state index contributed by atoms with van der Waals surface area (Å²) in [4.78, 5) is 18.0. The summed E-state index contributed by atoms with van der Waals surface area (Å²) in [5.74, 6) is -0.298. The molecule has 2 rings (SSSR count). The second kappa shape index (κ2) is 6.91. The fourth-order valence-electron chi connectivity index (χ4n) is 2.31. The van der Waals surface area contributed by atoms with Crippen molar-refractivity contribution in [1.29, 1.82) is 0 Å². The maximum absolute atomic E-state index is 12.2. The number of amides is 1. The van der Waals surface area contributed by atoms with E-state index in [9.17, 15) is 13.2 Å². The van der Waals surface area contributed by atoms with Gasteiger partial charge in [-0.3, -0.25) is 9.78 Å². The highest BCUT2D eigenvalue weighted by molar-refractivity contribution is 7.90. The van der Waals surface area contributed by atoms with Crippen LogP contribution in [0.4, 0.5) is 0 Å². The minimum absolute atomic E-state index is 0.0566. The van der Waals surface area contributed by atoms with Crippen LogP contribution in [0.2, 0.25) is 0 Å². The van der Waals surface area contributed by atoms with E-state index >= 15 is 0 Å². The SMILES string of the molecule is C[C@H](CS(C)(=O)=O)N(C)C(=O)/C=C\c1cccc2cccnc12. The van der Waals surface area contributed by atoms with Gasteiger partial charge < -0.3 is 4.90 Å². The summed E-state index contributed by atoms with van der Waals surface area (Å²) in [5, 5.41) is 1.00. The smallest absolute Gasteiger partial charge is 0.246 e. The van der Waals surface area contributed by atoms with Crippen LogP contribution < -0.4 is 0 Å². The topological polar surface area (TPSA) is 67.3 Å². The fourth-order valence-corrected chi connectivity index (χ4v) is 3.41. The predicted molar refractivity (Wildman–Crippen MR) is 92.7 cm³/mol. The minimum atomic E-state index is -3.13. The zero-order chi connectivity index (χ0) is 17.0. The van der Waals surface area contributed by atoms with Crippen molar-refractivity contribution in [1.82, 2.24) is 9.88 Å². The van der Waals surface area contributed by atoms with Crippen molar-refractivity contribution in [2.75, 3.05) is 19.1 Å². The number of fused-ring (bicyclic) bond motifs is 1. The molecule has 1 aromatic carbocycles. The average Bonchev–Trinajstić information content (AvgIpc) is 2.50. The highest BCUT2D eigenvalue weighted by Crippen LogP contribution is 2.17. The maximum atomic E-state index is 12.2. The molecule has 23 heavy (non-hydrogen) atoms. The number of hydrogen-bond donors (Lipinski definition) is 0. The number of aromatic nitrogens is 1. The molecular formula is C17H20N2O3S. The molecule has 0 aliphatic heterocycles. The first kappa shape index (κ1) is 17.1. The largest absolute Gasteiger partial charge is 0.338 e. The van der Waals surface area contributed by atoms with Crippen LogP contribution in [-0.2, 0) is 14.6 Å². The molecule has 0 bridgehead atoms. The Kier molecular flexibility index (Phi) is 5.15. The second-order valence-electron chi connectivity index (χ2n) is 5.65. The van der Waals surface area contributed by atoms with Gasteiger partial charge in [0.2, 0.25) is 5.91 Å². The van der Waals surface area contributed by atoms with E-state index in [0.29, 0.717) is 0 Å². The zero-order valence-corrected chi connectivity index (χ0v) is 14.2. The van der Waals surface area contributed by atoms with Gasteiger partial charge in [-0.2, -0.15) is 0 Å². The Morgan fingerprint density at radius 2 is 2.00 bits per heavy atom. The van der Waals surface area contributed by atoms with Crippen LogP contribution in [0.25, 0.3) is 17.0 Å². The average molecular weight is 332 g/mol. The number of para-hydroxylation sites is 1. The van der Waals surface area contributed by atoms with Crippen molar-refractivity contribution in [3.05, 3.63) is 48.2 Å². The summed E-state index contributed by atoms with van der Waals surface area (Å²) in [7, 11) is -1.52. The number of rotatable bonds is 5. The van der Waals surface area contributed by atoms with Crippen molar-refractivity contribution in [2.45, 2.75) is 13.0 Å². The quantitative estimate of drug-likeness (QED) is 0.787. The number of benzene rings is 1. The van der Waals surface area contributed by atoms with Crippen LogP contribution >= 0.6 is 0 Å². The number of pyridine rings is 1. The van der Waals surface area contributed by atoms with Gasteiger partial charge in [0.1, 0.15) is 9.84 Å². The molecule has 0 unspecified atom stereocenters. The van der Waals surface area contributed by atoms with E-state index in [4.69, 9.17) is 0 Å². The molecule has 2 aromatic rings. The molecule has 0 aliphatic rings. The van der Waals surface area contributed by atoms with Gasteiger partial charge in [0, 0.05) is 42.6 Å². The molecule has 0 fully saturated rings. The van der Waals surface area contributed by atoms with Gasteiger partial charge in [-0.1, -0.05) is 24.3 Å². The molecule has 1 atom stereocenters. The lowest BCUT2D eigenvalue weighted by Crippen LogP contribution is -2.38. The van der Waals surface area contributed by atoms with Crippen LogP contribution in [0.3, 0.4) is 0 Å². The Hall–Kier alpha value is -2.21. The van der Waals surface area contributed by atoms with Gasteiger partial charge in [0.05, 0.1) is 11.3 Å². The highest BCUT2D eigenvalue weighted by Gasteiger charge is 2.18. The highest BCUT2D eigenvalue weighted by atomic mass is 32.2. The number of hydrogen-bond acceptors (Lipinski definition) is 4. The summed E-state index contributed by atoms with van der Waals surface area (Å²) in [6, 6.07) is 9.20. The van der Waals surface area contributed by atoms with Crippen LogP contribution in [0.5, 0.6) is 0 Å². The van der Waals surface area contributed by atoms with Gasteiger partial charge >= 0.3 is 0 Å². The van der Waals surface area contributed by atoms with E-state index in [1.54, 1.807) is 26.2 Å². The fraction of sp³-hybridized carbons (Fsp3) is 0.294. The first-order valence-corrected chi connectivity index (χ1v) is 9.30. The lowest BCUT2D eigenvalue weighted by atomic mass is 10.1. The maximum Gasteiger partial charge on any atom is 0.246 e. The molecule has 6 heteroatoms. The minimum Gasteiger partial charge on any atom is -0.338 e. The molecular weight excluding hydrogens is 312 g/mol. The lowest BCUT2D eigenvalue weighted by molar-refractivity contribution is -0.126. The van der Waals surface area contributed by atoms with E-state index in [0.717, 1.165) is 16.5 Å². The van der Waals surface area contributed by atoms with E-state index < -0.39 is 9.84 Å². The molecule has 0 saturated carbocycles. The number of carbonyl (C=O) groups is 1. The lowest BCUT2D eigenvalue weighted by Gasteiger charge is -2.22. The molecule has 122 valence electrons. The van der Waals surface area contributed by atoms with Crippen LogP contribution in [-0.4, -0.2) is 49.3 Å². The summed E-state index contributed by atoms with van der Waals surface area (Å²) in [5.41, 5.74) is 1.67. The first-order valence-electron chi connectivity index (χ1n) is 7.24. The molecule has 1 heterocycles. The Labute approximate surface area is 136 Å². The number of nitrogens with zero attached hydrogens (tertiary/aromatic N) is 2. The Bertz CT molecular complexity index is 839. The monoisotopic (exact) mass is 332 g/mol. The van der Waals surface area contributed by atoms with Crippen LogP contribution in [0.15, 0.2) is 42.6 Å². The standard InChI is InChI=1S/C17H20N2O3S/c1-13(12-23(3,21)22)19(2)16(20)10-9-15-7-4-6-14-8-5-11-18-17(14)15/h4-11,13H,12H2,1-3H3/b10-9-/t13-/m1/s1. The third-order valence-electron chi connectivity index (χ3n) is 3.62. The van der Waals surface area contributed by atoms with Crippen LogP contribution in [0, 0.1) is 0 Å². The normalized spacial score (nSPS) is 13.3. The van der Waals surface area contributed by atoms with Gasteiger partial charge in [-0.05, 0) is 19.1 Å². The van der Waals surface area contributed by atoms with Gasteiger partial charge in [0.25, 0.3) is 0 Å². The van der Waals surface area contributed by atoms with E-state index in [1.165, 1.54) is 17.2 Å². The number of likely N-dealkylation sites (N-methyl/N-ethyl adjacent to an activating group) is 1. The van der Waals surface area contributed by atoms with Crippen molar-refractivity contribution in [3.63, 3.8) is 0 Å². The molecule has 0 spiro atoms. The molecule has 0 N–H and O–H groups in total. The van der Waals surface area contributed by atoms with E-state index in [2.05, 4.69) is 4.98 Å². The van der Waals surface area contributed by atoms with Crippen molar-refractivity contribution in [3.8, 4) is 0 Å². The molecule has 0 aliphatic carbocycles. The molecule has 1 amide bonds. The summed E-state index contributed by atoms with van der Waals surface area (Å²) >= 11 is 0. The van der Waals surface area contributed by atoms with Crippen molar-refractivity contribution in [2.24, 2.45) is 0 Å². The Balaban J connectivity index is 2.17. The Morgan fingerprint density at radius 3 is 2.70 bits per heavy atom. The second-order valence-corrected chi connectivity index (χ2v) is 7.83. The molecule has 0 radical (unpaired) electrons. The molecule has 1 aromatic heterocycles. The van der Waals surface area contributed by atoms with Crippen LogP contribution in [0.1, 0.15) is 12.5 Å². The molecule has 5 nitrogen and oxygen atoms in total. The summed E-state index contributed by atoms with van der Waals surface area (Å²) in [6.07, 6.45) is 6.03. The number of sulfone groups is 1. The zero-order valence-electron chi connectivity index (χ0n) is 13.4.